The van der Waals surface area contributed by atoms with Crippen molar-refractivity contribution in [2.75, 3.05) is 19.7 Å². The number of halogens is 2. The Morgan fingerprint density at radius 1 is 1.36 bits per heavy atom. The molecule has 2 aromatic rings. The van der Waals surface area contributed by atoms with Gasteiger partial charge >= 0.3 is 0 Å². The van der Waals surface area contributed by atoms with Crippen LogP contribution >= 0.6 is 23.2 Å². The van der Waals surface area contributed by atoms with E-state index >= 15 is 0 Å². The summed E-state index contributed by atoms with van der Waals surface area (Å²) in [5.41, 5.74) is 2.00. The van der Waals surface area contributed by atoms with Crippen molar-refractivity contribution >= 4 is 29.1 Å². The number of benzene rings is 1. The summed E-state index contributed by atoms with van der Waals surface area (Å²) < 4.78 is 7.27. The highest BCUT2D eigenvalue weighted by Gasteiger charge is 2.29. The van der Waals surface area contributed by atoms with E-state index in [2.05, 4.69) is 12.0 Å². The monoisotopic (exact) mass is 381 g/mol. The molecule has 0 saturated carbocycles. The van der Waals surface area contributed by atoms with Crippen LogP contribution in [0, 0.1) is 6.92 Å². The van der Waals surface area contributed by atoms with E-state index in [1.807, 2.05) is 24.3 Å². The molecule has 0 bridgehead atoms. The predicted octanol–water partition coefficient (Wildman–Crippen LogP) is 3.80. The Balaban J connectivity index is 1.84. The maximum absolute atomic E-state index is 12.9. The second-order valence-corrected chi connectivity index (χ2v) is 6.92. The first-order chi connectivity index (χ1) is 12.0. The zero-order chi connectivity index (χ0) is 18.0. The van der Waals surface area contributed by atoms with E-state index in [4.69, 9.17) is 27.9 Å². The molecule has 1 aromatic carbocycles. The van der Waals surface area contributed by atoms with Crippen molar-refractivity contribution in [2.24, 2.45) is 0 Å². The first-order valence-corrected chi connectivity index (χ1v) is 9.14. The smallest absolute Gasteiger partial charge is 0.259 e. The van der Waals surface area contributed by atoms with Gasteiger partial charge in [0.1, 0.15) is 5.15 Å². The molecule has 1 aliphatic heterocycles. The number of carbonyl (C=O) groups is 1. The Bertz CT molecular complexity index is 776. The molecule has 0 N–H and O–H groups in total. The van der Waals surface area contributed by atoms with Gasteiger partial charge in [0.15, 0.2) is 0 Å². The van der Waals surface area contributed by atoms with Crippen LogP contribution in [0.5, 0.6) is 0 Å². The Hall–Kier alpha value is -1.56. The van der Waals surface area contributed by atoms with Crippen molar-refractivity contribution < 1.29 is 9.53 Å². The van der Waals surface area contributed by atoms with E-state index in [0.29, 0.717) is 47.7 Å². The predicted molar refractivity (Wildman–Crippen MR) is 98.5 cm³/mol. The van der Waals surface area contributed by atoms with E-state index in [9.17, 15) is 4.79 Å². The van der Waals surface area contributed by atoms with Gasteiger partial charge in [0.05, 0.1) is 30.5 Å². The van der Waals surface area contributed by atoms with Crippen molar-refractivity contribution in [3.63, 3.8) is 0 Å². The number of aromatic nitrogens is 2. The molecule has 1 aliphatic rings. The summed E-state index contributed by atoms with van der Waals surface area (Å²) >= 11 is 12.7. The van der Waals surface area contributed by atoms with Gasteiger partial charge < -0.3 is 9.64 Å². The van der Waals surface area contributed by atoms with Crippen LogP contribution in [-0.4, -0.2) is 46.4 Å². The van der Waals surface area contributed by atoms with Crippen LogP contribution in [-0.2, 0) is 11.3 Å². The van der Waals surface area contributed by atoms with Gasteiger partial charge in [-0.05, 0) is 25.0 Å². The summed E-state index contributed by atoms with van der Waals surface area (Å²) in [6.45, 7) is 5.99. The molecule has 7 heteroatoms. The molecule has 1 amide bonds. The maximum Gasteiger partial charge on any atom is 0.259 e. The summed E-state index contributed by atoms with van der Waals surface area (Å²) in [5, 5.41) is 5.45. The van der Waals surface area contributed by atoms with Gasteiger partial charge in [-0.25, -0.2) is 4.68 Å². The number of ether oxygens (including phenoxy) is 1. The molecule has 1 aromatic heterocycles. The summed E-state index contributed by atoms with van der Waals surface area (Å²) in [7, 11) is 0. The highest BCUT2D eigenvalue weighted by Crippen LogP contribution is 2.25. The minimum absolute atomic E-state index is 0.0787. The lowest BCUT2D eigenvalue weighted by molar-refractivity contribution is -0.0226. The van der Waals surface area contributed by atoms with Crippen LogP contribution in [0.25, 0.3) is 0 Å². The molecular formula is C18H21Cl2N3O2. The van der Waals surface area contributed by atoms with Crippen LogP contribution in [0.1, 0.15) is 35.0 Å². The fourth-order valence-electron chi connectivity index (χ4n) is 3.00. The van der Waals surface area contributed by atoms with Crippen molar-refractivity contribution in [1.29, 1.82) is 0 Å². The fourth-order valence-corrected chi connectivity index (χ4v) is 3.51. The number of amides is 1. The quantitative estimate of drug-likeness (QED) is 0.808. The van der Waals surface area contributed by atoms with Gasteiger partial charge in [0.2, 0.25) is 0 Å². The molecule has 0 aliphatic carbocycles. The Morgan fingerprint density at radius 3 is 2.84 bits per heavy atom. The zero-order valence-electron chi connectivity index (χ0n) is 14.3. The van der Waals surface area contributed by atoms with Crippen LogP contribution < -0.4 is 0 Å². The van der Waals surface area contributed by atoms with Crippen molar-refractivity contribution in [3.8, 4) is 0 Å². The Labute approximate surface area is 157 Å². The highest BCUT2D eigenvalue weighted by molar-refractivity contribution is 6.33. The average molecular weight is 382 g/mol. The number of carbonyl (C=O) groups excluding carboxylic acids is 1. The molecule has 0 spiro atoms. The average Bonchev–Trinajstić information content (AvgIpc) is 2.90. The van der Waals surface area contributed by atoms with E-state index in [1.54, 1.807) is 16.5 Å². The topological polar surface area (TPSA) is 47.4 Å². The van der Waals surface area contributed by atoms with Gasteiger partial charge in [0.25, 0.3) is 5.91 Å². The number of nitrogens with zero attached hydrogens (tertiary/aromatic N) is 3. The van der Waals surface area contributed by atoms with Crippen LogP contribution in [0.3, 0.4) is 0 Å². The van der Waals surface area contributed by atoms with Crippen LogP contribution in [0.2, 0.25) is 10.2 Å². The Morgan fingerprint density at radius 2 is 2.12 bits per heavy atom. The van der Waals surface area contributed by atoms with Gasteiger partial charge in [-0.1, -0.05) is 48.3 Å². The fraction of sp³-hybridized carbons (Fsp3) is 0.444. The van der Waals surface area contributed by atoms with E-state index in [1.165, 1.54) is 0 Å². The summed E-state index contributed by atoms with van der Waals surface area (Å²) in [4.78, 5) is 14.7. The van der Waals surface area contributed by atoms with E-state index in [0.717, 1.165) is 12.0 Å². The summed E-state index contributed by atoms with van der Waals surface area (Å²) in [6, 6.07) is 7.53. The van der Waals surface area contributed by atoms with E-state index in [-0.39, 0.29) is 12.0 Å². The second-order valence-electron chi connectivity index (χ2n) is 6.15. The molecule has 1 fully saturated rings. The lowest BCUT2D eigenvalue weighted by atomic mass is 10.1. The molecule has 2 heterocycles. The summed E-state index contributed by atoms with van der Waals surface area (Å²) in [6.07, 6.45) is 0.956. The first-order valence-electron chi connectivity index (χ1n) is 8.38. The van der Waals surface area contributed by atoms with Gasteiger partial charge in [0, 0.05) is 18.1 Å². The first kappa shape index (κ1) is 18.2. The van der Waals surface area contributed by atoms with Gasteiger partial charge in [-0.15, -0.1) is 0 Å². The lowest BCUT2D eigenvalue weighted by Crippen LogP contribution is -2.45. The third-order valence-electron chi connectivity index (χ3n) is 4.44. The minimum Gasteiger partial charge on any atom is -0.375 e. The number of aryl methyl sites for hydroxylation is 1. The number of rotatable bonds is 4. The van der Waals surface area contributed by atoms with Crippen LogP contribution in [0.4, 0.5) is 0 Å². The highest BCUT2D eigenvalue weighted by atomic mass is 35.5. The van der Waals surface area contributed by atoms with Crippen LogP contribution in [0.15, 0.2) is 24.3 Å². The largest absolute Gasteiger partial charge is 0.375 e. The number of hydrogen-bond acceptors (Lipinski definition) is 3. The molecular weight excluding hydrogens is 361 g/mol. The normalized spacial score (nSPS) is 17.8. The van der Waals surface area contributed by atoms with Gasteiger partial charge in [-0.3, -0.25) is 4.79 Å². The third-order valence-corrected chi connectivity index (χ3v) is 5.19. The standard InChI is InChI=1S/C18H21Cl2N3O2/c1-3-14-11-22(8-9-25-14)18(24)16-12(2)21-23(17(16)20)10-13-6-4-5-7-15(13)19/h4-7,14H,3,8-11H2,1-2H3/t14-/m1/s1. The number of hydrogen-bond donors (Lipinski definition) is 0. The lowest BCUT2D eigenvalue weighted by Gasteiger charge is -2.32. The van der Waals surface area contributed by atoms with Crippen molar-refractivity contribution in [3.05, 3.63) is 51.3 Å². The Kier molecular flexibility index (Phi) is 5.67. The van der Waals surface area contributed by atoms with Crippen molar-refractivity contribution in [2.45, 2.75) is 32.9 Å². The minimum atomic E-state index is -0.0883. The SMILES string of the molecule is CC[C@@H]1CN(C(=O)c2c(C)nn(Cc3ccccc3Cl)c2Cl)CCO1. The van der Waals surface area contributed by atoms with E-state index < -0.39 is 0 Å². The molecule has 3 rings (SSSR count). The number of morpholine rings is 1. The summed E-state index contributed by atoms with van der Waals surface area (Å²) in [5.74, 6) is -0.0883. The molecule has 134 valence electrons. The third kappa shape index (κ3) is 3.84. The second kappa shape index (κ2) is 7.77. The maximum atomic E-state index is 12.9. The molecule has 0 radical (unpaired) electrons. The molecule has 25 heavy (non-hydrogen) atoms. The van der Waals surface area contributed by atoms with Gasteiger partial charge in [-0.2, -0.15) is 5.10 Å². The molecule has 1 atom stereocenters. The molecule has 5 nitrogen and oxygen atoms in total. The molecule has 0 unspecified atom stereocenters. The zero-order valence-corrected chi connectivity index (χ0v) is 15.8. The van der Waals surface area contributed by atoms with Crippen molar-refractivity contribution in [1.82, 2.24) is 14.7 Å². The molecule has 1 saturated heterocycles.